The topological polar surface area (TPSA) is 105 Å². The molecule has 8 nitrogen and oxygen atoms in total. The molecule has 0 rings (SSSR count). The Morgan fingerprint density at radius 1 is 0.577 bits per heavy atom. The number of aliphatic hydroxyl groups excluding tert-OH is 1. The second-order valence-corrected chi connectivity index (χ2v) is 18.2. The van der Waals surface area contributed by atoms with Crippen LogP contribution in [-0.4, -0.2) is 73.4 Å². The van der Waals surface area contributed by atoms with E-state index in [1.54, 1.807) is 0 Å². The van der Waals surface area contributed by atoms with E-state index in [-0.39, 0.29) is 19.1 Å². The van der Waals surface area contributed by atoms with Gasteiger partial charge in [0.1, 0.15) is 13.2 Å². The SMILES string of the molecule is CCCCCCCCCCCCCCCCCCCCC(=O)N[C@@H](COP(=O)(O)OCC[N+](C)(C)C)[C@H](O)CCCCCCCCCCCCCC. The zero-order valence-corrected chi connectivity index (χ0v) is 36.2. The number of likely N-dealkylation sites (N-methyl/N-ethyl adjacent to an activating group) is 1. The average molecular weight is 762 g/mol. The third-order valence-corrected chi connectivity index (χ3v) is 11.3. The van der Waals surface area contributed by atoms with E-state index in [1.165, 1.54) is 154 Å². The van der Waals surface area contributed by atoms with Gasteiger partial charge in [0, 0.05) is 6.42 Å². The normalized spacial score (nSPS) is 14.4. The van der Waals surface area contributed by atoms with Gasteiger partial charge in [-0.25, -0.2) is 4.57 Å². The van der Waals surface area contributed by atoms with Crippen molar-refractivity contribution in [2.24, 2.45) is 0 Å². The van der Waals surface area contributed by atoms with Crippen LogP contribution in [0.25, 0.3) is 0 Å². The Bertz CT molecular complexity index is 824. The maximum Gasteiger partial charge on any atom is 0.472 e. The summed E-state index contributed by atoms with van der Waals surface area (Å²) in [6.45, 7) is 4.90. The Balaban J connectivity index is 4.29. The van der Waals surface area contributed by atoms with Crippen LogP contribution < -0.4 is 5.32 Å². The lowest BCUT2D eigenvalue weighted by molar-refractivity contribution is -0.870. The molecule has 52 heavy (non-hydrogen) atoms. The number of carbonyl (C=O) groups is 1. The molecule has 0 saturated carbocycles. The number of rotatable bonds is 41. The maximum absolute atomic E-state index is 12.9. The maximum atomic E-state index is 12.9. The predicted octanol–water partition coefficient (Wildman–Crippen LogP) is 12.2. The smallest absolute Gasteiger partial charge is 0.391 e. The lowest BCUT2D eigenvalue weighted by Crippen LogP contribution is -2.46. The molecule has 1 amide bonds. The molecule has 0 aliphatic heterocycles. The van der Waals surface area contributed by atoms with Gasteiger partial charge in [-0.3, -0.25) is 13.8 Å². The van der Waals surface area contributed by atoms with Gasteiger partial charge in [-0.05, 0) is 12.8 Å². The van der Waals surface area contributed by atoms with Gasteiger partial charge in [0.15, 0.2) is 0 Å². The van der Waals surface area contributed by atoms with Crippen molar-refractivity contribution in [3.05, 3.63) is 0 Å². The molecule has 0 bridgehead atoms. The van der Waals surface area contributed by atoms with Gasteiger partial charge in [-0.15, -0.1) is 0 Å². The van der Waals surface area contributed by atoms with Gasteiger partial charge in [0.2, 0.25) is 5.91 Å². The molecule has 312 valence electrons. The second-order valence-electron chi connectivity index (χ2n) is 16.8. The molecule has 0 fully saturated rings. The Morgan fingerprint density at radius 3 is 1.29 bits per heavy atom. The minimum absolute atomic E-state index is 0.0784. The van der Waals surface area contributed by atoms with Crippen LogP contribution in [0.1, 0.15) is 219 Å². The van der Waals surface area contributed by atoms with Crippen molar-refractivity contribution in [3.63, 3.8) is 0 Å². The molecular formula is C43H90N2O6P+. The van der Waals surface area contributed by atoms with Crippen LogP contribution in [0.4, 0.5) is 0 Å². The number of amides is 1. The largest absolute Gasteiger partial charge is 0.472 e. The van der Waals surface area contributed by atoms with E-state index in [0.29, 0.717) is 23.9 Å². The number of nitrogens with one attached hydrogen (secondary N) is 1. The molecule has 9 heteroatoms. The van der Waals surface area contributed by atoms with Crippen molar-refractivity contribution in [3.8, 4) is 0 Å². The summed E-state index contributed by atoms with van der Waals surface area (Å²) in [6, 6.07) is -0.752. The highest BCUT2D eigenvalue weighted by Crippen LogP contribution is 2.43. The van der Waals surface area contributed by atoms with Crippen LogP contribution in [0, 0.1) is 0 Å². The summed E-state index contributed by atoms with van der Waals surface area (Å²) in [4.78, 5) is 23.1. The highest BCUT2D eigenvalue weighted by molar-refractivity contribution is 7.47. The molecule has 0 spiro atoms. The Hall–Kier alpha value is -0.500. The van der Waals surface area contributed by atoms with Crippen molar-refractivity contribution in [1.29, 1.82) is 0 Å². The summed E-state index contributed by atoms with van der Waals surface area (Å²) in [6.07, 6.45) is 38.4. The van der Waals surface area contributed by atoms with E-state index in [1.807, 2.05) is 21.1 Å². The first-order chi connectivity index (χ1) is 25.0. The fourth-order valence-electron chi connectivity index (χ4n) is 6.75. The molecule has 3 atom stereocenters. The van der Waals surface area contributed by atoms with Gasteiger partial charge in [-0.2, -0.15) is 0 Å². The summed E-state index contributed by atoms with van der Waals surface area (Å²) in [5.74, 6) is -0.141. The van der Waals surface area contributed by atoms with Crippen LogP contribution in [0.2, 0.25) is 0 Å². The van der Waals surface area contributed by atoms with E-state index in [4.69, 9.17) is 9.05 Å². The first kappa shape index (κ1) is 51.5. The van der Waals surface area contributed by atoms with Crippen LogP contribution >= 0.6 is 7.82 Å². The minimum Gasteiger partial charge on any atom is -0.391 e. The molecule has 0 heterocycles. The number of phosphoric ester groups is 1. The summed E-state index contributed by atoms with van der Waals surface area (Å²) in [5, 5.41) is 13.9. The van der Waals surface area contributed by atoms with Gasteiger partial charge in [0.05, 0.1) is 39.9 Å². The third kappa shape index (κ3) is 37.8. The molecule has 0 aromatic rings. The molecule has 0 aliphatic carbocycles. The fraction of sp³-hybridized carbons (Fsp3) is 0.977. The van der Waals surface area contributed by atoms with Crippen molar-refractivity contribution in [2.75, 3.05) is 40.9 Å². The summed E-state index contributed by atoms with van der Waals surface area (Å²) < 4.78 is 23.6. The summed E-state index contributed by atoms with van der Waals surface area (Å²) in [7, 11) is 1.63. The van der Waals surface area contributed by atoms with Gasteiger partial charge in [0.25, 0.3) is 0 Å². The summed E-state index contributed by atoms with van der Waals surface area (Å²) in [5.41, 5.74) is 0. The van der Waals surface area contributed by atoms with Crippen LogP contribution in [0.3, 0.4) is 0 Å². The molecular weight excluding hydrogens is 671 g/mol. The van der Waals surface area contributed by atoms with Crippen LogP contribution in [0.15, 0.2) is 0 Å². The predicted molar refractivity (Wildman–Crippen MR) is 222 cm³/mol. The number of nitrogens with zero attached hydrogens (tertiary/aromatic N) is 1. The molecule has 3 N–H and O–H groups in total. The van der Waals surface area contributed by atoms with E-state index in [2.05, 4.69) is 19.2 Å². The van der Waals surface area contributed by atoms with E-state index < -0.39 is 20.0 Å². The van der Waals surface area contributed by atoms with Crippen molar-refractivity contribution < 1.29 is 32.9 Å². The van der Waals surface area contributed by atoms with Crippen LogP contribution in [-0.2, 0) is 18.4 Å². The van der Waals surface area contributed by atoms with Gasteiger partial charge >= 0.3 is 7.82 Å². The lowest BCUT2D eigenvalue weighted by atomic mass is 10.0. The van der Waals surface area contributed by atoms with E-state index in [9.17, 15) is 19.4 Å². The van der Waals surface area contributed by atoms with Crippen molar-refractivity contribution >= 4 is 13.7 Å². The molecule has 0 aromatic heterocycles. The number of unbranched alkanes of at least 4 members (excludes halogenated alkanes) is 28. The first-order valence-electron chi connectivity index (χ1n) is 22.4. The highest BCUT2D eigenvalue weighted by atomic mass is 31.2. The standard InChI is InChI=1S/C43H89N2O6P/c1-6-8-10-12-14-16-18-20-21-22-23-24-25-27-29-31-33-35-37-43(47)44-41(40-51-52(48,49)50-39-38-45(3,4)5)42(46)36-34-32-30-28-26-19-17-15-13-11-9-7-2/h41-42,46H,6-40H2,1-5H3,(H-,44,47,48,49)/p+1/t41-,42+/m0/s1. The molecule has 0 aliphatic rings. The highest BCUT2D eigenvalue weighted by Gasteiger charge is 2.28. The Kier molecular flexibility index (Phi) is 35.8. The van der Waals surface area contributed by atoms with E-state index in [0.717, 1.165) is 38.5 Å². The number of aliphatic hydroxyl groups is 1. The number of hydrogen-bond acceptors (Lipinski definition) is 5. The zero-order chi connectivity index (χ0) is 38.6. The number of quaternary nitrogens is 1. The van der Waals surface area contributed by atoms with Crippen LogP contribution in [0.5, 0.6) is 0 Å². The molecule has 0 saturated heterocycles. The average Bonchev–Trinajstić information content (AvgIpc) is 3.09. The minimum atomic E-state index is -4.30. The molecule has 0 radical (unpaired) electrons. The lowest BCUT2D eigenvalue weighted by Gasteiger charge is -2.26. The number of phosphoric acid groups is 1. The fourth-order valence-corrected chi connectivity index (χ4v) is 7.49. The quantitative estimate of drug-likeness (QED) is 0.0325. The number of hydrogen-bond donors (Lipinski definition) is 3. The Morgan fingerprint density at radius 2 is 0.923 bits per heavy atom. The van der Waals surface area contributed by atoms with Crippen molar-refractivity contribution in [2.45, 2.75) is 231 Å². The Labute approximate surface area is 323 Å². The zero-order valence-electron chi connectivity index (χ0n) is 35.3. The van der Waals surface area contributed by atoms with Gasteiger partial charge in [-0.1, -0.05) is 200 Å². The third-order valence-electron chi connectivity index (χ3n) is 10.4. The molecule has 1 unspecified atom stereocenters. The summed E-state index contributed by atoms with van der Waals surface area (Å²) >= 11 is 0. The molecule has 0 aromatic carbocycles. The number of carbonyl (C=O) groups excluding carboxylic acids is 1. The second kappa shape index (κ2) is 36.2. The van der Waals surface area contributed by atoms with Gasteiger partial charge < -0.3 is 19.8 Å². The first-order valence-corrected chi connectivity index (χ1v) is 23.9. The van der Waals surface area contributed by atoms with E-state index >= 15 is 0 Å². The monoisotopic (exact) mass is 762 g/mol. The van der Waals surface area contributed by atoms with Crippen molar-refractivity contribution in [1.82, 2.24) is 5.32 Å².